The molecular weight excluding hydrogens is 288 g/mol. The molecule has 1 aliphatic rings. The first-order valence-electron chi connectivity index (χ1n) is 6.83. The first-order valence-corrected chi connectivity index (χ1v) is 7.71. The van der Waals surface area contributed by atoms with Crippen LogP contribution < -0.4 is 10.6 Å². The van der Waals surface area contributed by atoms with Crippen molar-refractivity contribution in [3.63, 3.8) is 0 Å². The zero-order chi connectivity index (χ0) is 14.8. The molecule has 1 fully saturated rings. The van der Waals surface area contributed by atoms with Gasteiger partial charge >= 0.3 is 0 Å². The van der Waals surface area contributed by atoms with Crippen LogP contribution in [0, 0.1) is 6.92 Å². The van der Waals surface area contributed by atoms with Crippen LogP contribution >= 0.6 is 11.3 Å². The van der Waals surface area contributed by atoms with Crippen LogP contribution in [0.5, 0.6) is 0 Å². The van der Waals surface area contributed by atoms with Crippen LogP contribution in [0.2, 0.25) is 0 Å². The third kappa shape index (κ3) is 2.97. The van der Waals surface area contributed by atoms with Crippen molar-refractivity contribution in [3.05, 3.63) is 28.3 Å². The summed E-state index contributed by atoms with van der Waals surface area (Å²) in [5.41, 5.74) is 2.16. The number of nitrogens with zero attached hydrogens (tertiary/aromatic N) is 1. The summed E-state index contributed by atoms with van der Waals surface area (Å²) >= 11 is 1.57. The third-order valence-corrected chi connectivity index (χ3v) is 4.21. The van der Waals surface area contributed by atoms with E-state index >= 15 is 0 Å². The van der Waals surface area contributed by atoms with Crippen molar-refractivity contribution in [2.45, 2.75) is 25.8 Å². The van der Waals surface area contributed by atoms with Gasteiger partial charge in [-0.05, 0) is 25.8 Å². The highest BCUT2D eigenvalue weighted by Gasteiger charge is 2.24. The zero-order valence-corrected chi connectivity index (χ0v) is 12.4. The van der Waals surface area contributed by atoms with E-state index in [2.05, 4.69) is 20.6 Å². The SMILES string of the molecule is Cc1nc(-c2c[nH]c(C(=O)N[C@H]3CCCNC3=O)c2)cs1. The van der Waals surface area contributed by atoms with Crippen molar-refractivity contribution in [1.82, 2.24) is 20.6 Å². The molecule has 1 aliphatic heterocycles. The standard InChI is InChI=1S/C14H16N4O2S/c1-8-17-12(7-21-8)9-5-11(16-6-9)14(20)18-10-3-2-4-15-13(10)19/h5-7,10,16H,2-4H2,1H3,(H,15,19)(H,18,20)/t10-/m0/s1. The van der Waals surface area contributed by atoms with Crippen LogP contribution in [0.15, 0.2) is 17.6 Å². The fraction of sp³-hybridized carbons (Fsp3) is 0.357. The molecule has 0 spiro atoms. The number of aromatic nitrogens is 2. The Morgan fingerprint density at radius 1 is 1.52 bits per heavy atom. The third-order valence-electron chi connectivity index (χ3n) is 3.43. The average Bonchev–Trinajstić information content (AvgIpc) is 3.10. The van der Waals surface area contributed by atoms with Gasteiger partial charge in [-0.25, -0.2) is 4.98 Å². The Morgan fingerprint density at radius 2 is 2.38 bits per heavy atom. The molecule has 3 rings (SSSR count). The highest BCUT2D eigenvalue weighted by atomic mass is 32.1. The van der Waals surface area contributed by atoms with Gasteiger partial charge in [0, 0.05) is 23.7 Å². The van der Waals surface area contributed by atoms with E-state index in [1.165, 1.54) is 0 Å². The van der Waals surface area contributed by atoms with Gasteiger partial charge in [0.25, 0.3) is 5.91 Å². The van der Waals surface area contributed by atoms with E-state index in [0.29, 0.717) is 18.7 Å². The largest absolute Gasteiger partial charge is 0.357 e. The molecule has 1 saturated heterocycles. The van der Waals surface area contributed by atoms with E-state index in [-0.39, 0.29) is 11.8 Å². The molecule has 2 aromatic rings. The van der Waals surface area contributed by atoms with Crippen molar-refractivity contribution < 1.29 is 9.59 Å². The fourth-order valence-corrected chi connectivity index (χ4v) is 2.94. The molecule has 7 heteroatoms. The number of carbonyl (C=O) groups excluding carboxylic acids is 2. The summed E-state index contributed by atoms with van der Waals surface area (Å²) in [6.45, 7) is 2.62. The highest BCUT2D eigenvalue weighted by Crippen LogP contribution is 2.22. The Hall–Kier alpha value is -2.15. The maximum atomic E-state index is 12.2. The summed E-state index contributed by atoms with van der Waals surface area (Å²) in [4.78, 5) is 31.1. The van der Waals surface area contributed by atoms with Gasteiger partial charge < -0.3 is 15.6 Å². The Balaban J connectivity index is 1.70. The summed E-state index contributed by atoms with van der Waals surface area (Å²) < 4.78 is 0. The molecule has 0 bridgehead atoms. The number of H-pyrrole nitrogens is 1. The summed E-state index contributed by atoms with van der Waals surface area (Å²) in [5, 5.41) is 8.44. The second-order valence-corrected chi connectivity index (χ2v) is 6.08. The lowest BCUT2D eigenvalue weighted by Gasteiger charge is -2.22. The Labute approximate surface area is 126 Å². The zero-order valence-electron chi connectivity index (χ0n) is 11.6. The number of rotatable bonds is 3. The van der Waals surface area contributed by atoms with Crippen molar-refractivity contribution in [1.29, 1.82) is 0 Å². The van der Waals surface area contributed by atoms with E-state index in [4.69, 9.17) is 0 Å². The number of hydrogen-bond donors (Lipinski definition) is 3. The average molecular weight is 304 g/mol. The van der Waals surface area contributed by atoms with Gasteiger partial charge in [0.1, 0.15) is 11.7 Å². The Morgan fingerprint density at radius 3 is 3.10 bits per heavy atom. The monoisotopic (exact) mass is 304 g/mol. The topological polar surface area (TPSA) is 86.9 Å². The van der Waals surface area contributed by atoms with Crippen molar-refractivity contribution in [3.8, 4) is 11.3 Å². The van der Waals surface area contributed by atoms with Gasteiger partial charge in [0.15, 0.2) is 0 Å². The van der Waals surface area contributed by atoms with E-state index in [0.717, 1.165) is 22.7 Å². The van der Waals surface area contributed by atoms with Crippen LogP contribution in [-0.2, 0) is 4.79 Å². The molecule has 0 unspecified atom stereocenters. The first-order chi connectivity index (χ1) is 10.1. The second kappa shape index (κ2) is 5.69. The van der Waals surface area contributed by atoms with Gasteiger partial charge in [-0.2, -0.15) is 0 Å². The quantitative estimate of drug-likeness (QED) is 0.802. The lowest BCUT2D eigenvalue weighted by Crippen LogP contribution is -2.50. The molecule has 21 heavy (non-hydrogen) atoms. The molecule has 0 radical (unpaired) electrons. The lowest BCUT2D eigenvalue weighted by molar-refractivity contribution is -0.124. The fourth-order valence-electron chi connectivity index (χ4n) is 2.32. The molecule has 6 nitrogen and oxygen atoms in total. The summed E-state index contributed by atoms with van der Waals surface area (Å²) in [6.07, 6.45) is 3.31. The minimum Gasteiger partial charge on any atom is -0.357 e. The molecule has 0 aromatic carbocycles. The van der Waals surface area contributed by atoms with Crippen molar-refractivity contribution in [2.75, 3.05) is 6.54 Å². The molecule has 0 aliphatic carbocycles. The van der Waals surface area contributed by atoms with E-state index in [9.17, 15) is 9.59 Å². The lowest BCUT2D eigenvalue weighted by atomic mass is 10.1. The first kappa shape index (κ1) is 13.8. The van der Waals surface area contributed by atoms with E-state index in [1.54, 1.807) is 23.6 Å². The maximum Gasteiger partial charge on any atom is 0.268 e. The van der Waals surface area contributed by atoms with Crippen molar-refractivity contribution in [2.24, 2.45) is 0 Å². The van der Waals surface area contributed by atoms with Crippen LogP contribution in [0.3, 0.4) is 0 Å². The minimum atomic E-state index is -0.445. The number of thiazole rings is 1. The van der Waals surface area contributed by atoms with Gasteiger partial charge in [-0.3, -0.25) is 9.59 Å². The van der Waals surface area contributed by atoms with Gasteiger partial charge in [-0.1, -0.05) is 0 Å². The molecule has 2 amide bonds. The number of piperidine rings is 1. The summed E-state index contributed by atoms with van der Waals surface area (Å²) in [7, 11) is 0. The highest BCUT2D eigenvalue weighted by molar-refractivity contribution is 7.09. The van der Waals surface area contributed by atoms with Gasteiger partial charge in [0.05, 0.1) is 10.7 Å². The summed E-state index contributed by atoms with van der Waals surface area (Å²) in [5.74, 6) is -0.383. The number of aryl methyl sites for hydroxylation is 1. The second-order valence-electron chi connectivity index (χ2n) is 5.01. The Bertz CT molecular complexity index is 676. The number of aromatic amines is 1. The van der Waals surface area contributed by atoms with Crippen LogP contribution in [0.1, 0.15) is 28.3 Å². The summed E-state index contributed by atoms with van der Waals surface area (Å²) in [6, 6.07) is 1.31. The molecule has 3 N–H and O–H groups in total. The van der Waals surface area contributed by atoms with E-state index < -0.39 is 6.04 Å². The molecule has 1 atom stereocenters. The van der Waals surface area contributed by atoms with Crippen LogP contribution in [0.4, 0.5) is 0 Å². The number of nitrogens with one attached hydrogen (secondary N) is 3. The predicted octanol–water partition coefficient (Wildman–Crippen LogP) is 1.46. The van der Waals surface area contributed by atoms with E-state index in [1.807, 2.05) is 12.3 Å². The minimum absolute atomic E-state index is 0.114. The van der Waals surface area contributed by atoms with Crippen molar-refractivity contribution >= 4 is 23.2 Å². The molecule has 0 saturated carbocycles. The van der Waals surface area contributed by atoms with Gasteiger partial charge in [-0.15, -0.1) is 11.3 Å². The molecule has 3 heterocycles. The van der Waals surface area contributed by atoms with Gasteiger partial charge in [0.2, 0.25) is 5.91 Å². The normalized spacial score (nSPS) is 18.3. The number of hydrogen-bond acceptors (Lipinski definition) is 4. The molecule has 2 aromatic heterocycles. The van der Waals surface area contributed by atoms with Crippen LogP contribution in [0.25, 0.3) is 11.3 Å². The molecule has 110 valence electrons. The smallest absolute Gasteiger partial charge is 0.268 e. The number of amides is 2. The predicted molar refractivity (Wildman–Crippen MR) is 80.1 cm³/mol. The Kier molecular flexibility index (Phi) is 3.74. The maximum absolute atomic E-state index is 12.2. The molecular formula is C14H16N4O2S. The number of carbonyl (C=O) groups is 2. The van der Waals surface area contributed by atoms with Crippen LogP contribution in [-0.4, -0.2) is 34.4 Å².